The van der Waals surface area contributed by atoms with Gasteiger partial charge in [0.1, 0.15) is 5.82 Å². The first kappa shape index (κ1) is 18.0. The average molecular weight is 428 g/mol. The molecule has 1 aliphatic heterocycles. The minimum atomic E-state index is -0.233. The highest BCUT2D eigenvalue weighted by molar-refractivity contribution is 9.10. The Balaban J connectivity index is 1.69. The second kappa shape index (κ2) is 7.68. The van der Waals surface area contributed by atoms with Crippen LogP contribution in [0.5, 0.6) is 0 Å². The molecule has 2 N–H and O–H groups in total. The fourth-order valence-electron chi connectivity index (χ4n) is 3.80. The van der Waals surface area contributed by atoms with Crippen molar-refractivity contribution in [3.8, 4) is 0 Å². The molecule has 4 rings (SSSR count). The fraction of sp³-hybridized carbons (Fsp3) is 0.350. The van der Waals surface area contributed by atoms with Crippen molar-refractivity contribution in [1.82, 2.24) is 20.1 Å². The zero-order valence-electron chi connectivity index (χ0n) is 15.0. The molecule has 0 saturated heterocycles. The van der Waals surface area contributed by atoms with Crippen LogP contribution < -0.4 is 5.32 Å². The molecule has 6 nitrogen and oxygen atoms in total. The molecule has 1 fully saturated rings. The van der Waals surface area contributed by atoms with E-state index in [0.29, 0.717) is 6.54 Å². The smallest absolute Gasteiger partial charge is 0.171 e. The highest BCUT2D eigenvalue weighted by Crippen LogP contribution is 2.44. The van der Waals surface area contributed by atoms with Gasteiger partial charge in [0, 0.05) is 30.6 Å². The molecule has 2 aromatic heterocycles. The van der Waals surface area contributed by atoms with Gasteiger partial charge in [0.05, 0.1) is 16.9 Å². The molecule has 27 heavy (non-hydrogen) atoms. The van der Waals surface area contributed by atoms with Gasteiger partial charge >= 0.3 is 0 Å². The molecule has 1 aliphatic carbocycles. The molecule has 7 heteroatoms. The van der Waals surface area contributed by atoms with Crippen molar-refractivity contribution < 1.29 is 5.11 Å². The molecule has 1 saturated carbocycles. The molecule has 1 unspecified atom stereocenters. The van der Waals surface area contributed by atoms with Crippen LogP contribution >= 0.6 is 15.9 Å². The summed E-state index contributed by atoms with van der Waals surface area (Å²) in [5, 5.41) is 17.7. The van der Waals surface area contributed by atoms with Gasteiger partial charge in [-0.1, -0.05) is 12.5 Å². The zero-order chi connectivity index (χ0) is 18.7. The van der Waals surface area contributed by atoms with Gasteiger partial charge in [0.25, 0.3) is 0 Å². The Morgan fingerprint density at radius 1 is 1.33 bits per heavy atom. The summed E-state index contributed by atoms with van der Waals surface area (Å²) < 4.78 is 2.66. The SMILES string of the molecule is O/C=C1\CCCCC12/C=N/c1c(Br)cnn1/C(NCc1cccnc1)=C\C2. The molecule has 1 atom stereocenters. The predicted octanol–water partition coefficient (Wildman–Crippen LogP) is 4.74. The van der Waals surface area contributed by atoms with Gasteiger partial charge in [0.2, 0.25) is 0 Å². The lowest BCUT2D eigenvalue weighted by Crippen LogP contribution is -2.30. The van der Waals surface area contributed by atoms with E-state index in [1.165, 1.54) is 6.26 Å². The Bertz CT molecular complexity index is 902. The summed E-state index contributed by atoms with van der Waals surface area (Å²) >= 11 is 3.55. The molecule has 140 valence electrons. The van der Waals surface area contributed by atoms with Crippen LogP contribution in [-0.4, -0.2) is 26.1 Å². The number of aliphatic imine (C=N–C) groups is 1. The topological polar surface area (TPSA) is 75.3 Å². The van der Waals surface area contributed by atoms with Crippen LogP contribution in [0, 0.1) is 5.41 Å². The quantitative estimate of drug-likeness (QED) is 0.693. The number of hydrogen-bond donors (Lipinski definition) is 2. The minimum absolute atomic E-state index is 0.233. The van der Waals surface area contributed by atoms with Crippen molar-refractivity contribution in [1.29, 1.82) is 0 Å². The van der Waals surface area contributed by atoms with Crippen molar-refractivity contribution in [3.05, 3.63) is 58.7 Å². The maximum Gasteiger partial charge on any atom is 0.171 e. The number of nitrogens with zero attached hydrogens (tertiary/aromatic N) is 4. The predicted molar refractivity (Wildman–Crippen MR) is 110 cm³/mol. The molecule has 2 aliphatic rings. The second-order valence-electron chi connectivity index (χ2n) is 7.01. The standard InChI is InChI=1S/C20H22BrN5O/c21-17-12-25-26-18(23-11-15-4-3-9-22-10-15)6-8-20(14-24-19(17)26)7-2-1-5-16(20)13-27/h3-4,6,9-10,12-14,23,27H,1-2,5,7-8,11H2/b16-13+,18-6-,24-14+. The molecule has 3 heterocycles. The number of rotatable bonds is 3. The van der Waals surface area contributed by atoms with Gasteiger partial charge in [-0.3, -0.25) is 4.98 Å². The maximum atomic E-state index is 9.80. The average Bonchev–Trinajstić information content (AvgIpc) is 3.06. The Morgan fingerprint density at radius 3 is 3.07 bits per heavy atom. The number of nitrogens with one attached hydrogen (secondary N) is 1. The van der Waals surface area contributed by atoms with Gasteiger partial charge in [-0.2, -0.15) is 9.78 Å². The van der Waals surface area contributed by atoms with E-state index in [4.69, 9.17) is 4.99 Å². The van der Waals surface area contributed by atoms with Crippen molar-refractivity contribution >= 4 is 33.8 Å². The summed E-state index contributed by atoms with van der Waals surface area (Å²) in [6.07, 6.45) is 15.8. The van der Waals surface area contributed by atoms with Crippen molar-refractivity contribution in [2.45, 2.75) is 38.6 Å². The molecule has 2 aromatic rings. The van der Waals surface area contributed by atoms with E-state index >= 15 is 0 Å². The van der Waals surface area contributed by atoms with E-state index in [1.54, 1.807) is 12.4 Å². The van der Waals surface area contributed by atoms with Crippen molar-refractivity contribution in [3.63, 3.8) is 0 Å². The van der Waals surface area contributed by atoms with Gasteiger partial charge in [-0.05, 0) is 64.9 Å². The fourth-order valence-corrected chi connectivity index (χ4v) is 4.16. The third-order valence-corrected chi connectivity index (χ3v) is 5.89. The number of fused-ring (bicyclic) bond motifs is 1. The number of hydrogen-bond acceptors (Lipinski definition) is 5. The number of aliphatic hydroxyl groups excluding tert-OH is 1. The number of pyridine rings is 1. The van der Waals surface area contributed by atoms with Gasteiger partial charge in [-0.15, -0.1) is 0 Å². The molecule has 0 radical (unpaired) electrons. The van der Waals surface area contributed by atoms with E-state index < -0.39 is 0 Å². The van der Waals surface area contributed by atoms with Crippen LogP contribution in [0.2, 0.25) is 0 Å². The third-order valence-electron chi connectivity index (χ3n) is 5.33. The Kier molecular flexibility index (Phi) is 5.11. The molecule has 0 bridgehead atoms. The Hall–Kier alpha value is -2.41. The van der Waals surface area contributed by atoms with Crippen LogP contribution in [0.15, 0.2) is 58.1 Å². The molecule has 0 amide bonds. The summed E-state index contributed by atoms with van der Waals surface area (Å²) in [6, 6.07) is 3.97. The van der Waals surface area contributed by atoms with Gasteiger partial charge in [0.15, 0.2) is 5.82 Å². The number of aliphatic hydroxyl groups is 1. The van der Waals surface area contributed by atoms with Crippen LogP contribution in [0.25, 0.3) is 5.82 Å². The number of halogens is 1. The van der Waals surface area contributed by atoms with Crippen LogP contribution in [-0.2, 0) is 6.54 Å². The Morgan fingerprint density at radius 2 is 2.26 bits per heavy atom. The van der Waals surface area contributed by atoms with Gasteiger partial charge in [-0.25, -0.2) is 4.99 Å². The summed E-state index contributed by atoms with van der Waals surface area (Å²) in [6.45, 7) is 0.649. The van der Waals surface area contributed by atoms with E-state index in [1.807, 2.05) is 29.2 Å². The summed E-state index contributed by atoms with van der Waals surface area (Å²) in [7, 11) is 0. The molecule has 1 spiro atoms. The van der Waals surface area contributed by atoms with E-state index in [-0.39, 0.29) is 5.41 Å². The summed E-state index contributed by atoms with van der Waals surface area (Å²) in [5.41, 5.74) is 1.92. The highest BCUT2D eigenvalue weighted by atomic mass is 79.9. The monoisotopic (exact) mass is 427 g/mol. The summed E-state index contributed by atoms with van der Waals surface area (Å²) in [5.74, 6) is 1.64. The first-order valence-corrected chi connectivity index (χ1v) is 9.97. The maximum absolute atomic E-state index is 9.80. The van der Waals surface area contributed by atoms with Gasteiger partial charge < -0.3 is 10.4 Å². The van der Waals surface area contributed by atoms with Crippen molar-refractivity contribution in [2.75, 3.05) is 0 Å². The normalized spacial score (nSPS) is 26.7. The molecular formula is C20H22BrN5O. The third kappa shape index (κ3) is 3.56. The van der Waals surface area contributed by atoms with Crippen LogP contribution in [0.3, 0.4) is 0 Å². The van der Waals surface area contributed by atoms with E-state index in [0.717, 1.165) is 59.4 Å². The lowest BCUT2D eigenvalue weighted by molar-refractivity contribution is 0.358. The number of allylic oxidation sites excluding steroid dienone is 2. The van der Waals surface area contributed by atoms with Crippen LogP contribution in [0.1, 0.15) is 37.7 Å². The van der Waals surface area contributed by atoms with Crippen molar-refractivity contribution in [2.24, 2.45) is 10.4 Å². The van der Waals surface area contributed by atoms with Crippen LogP contribution in [0.4, 0.5) is 5.82 Å². The Labute approximate surface area is 166 Å². The minimum Gasteiger partial charge on any atom is -0.516 e. The second-order valence-corrected chi connectivity index (χ2v) is 7.87. The molecule has 0 aromatic carbocycles. The first-order valence-electron chi connectivity index (χ1n) is 9.18. The highest BCUT2D eigenvalue weighted by Gasteiger charge is 2.35. The lowest BCUT2D eigenvalue weighted by Gasteiger charge is -2.36. The first-order chi connectivity index (χ1) is 13.2. The lowest BCUT2D eigenvalue weighted by atomic mass is 9.69. The number of aromatic nitrogens is 3. The largest absolute Gasteiger partial charge is 0.516 e. The summed E-state index contributed by atoms with van der Waals surface area (Å²) in [4.78, 5) is 8.94. The van der Waals surface area contributed by atoms with E-state index in [9.17, 15) is 5.11 Å². The van der Waals surface area contributed by atoms with E-state index in [2.05, 4.69) is 37.4 Å². The molecular weight excluding hydrogens is 406 g/mol. The zero-order valence-corrected chi connectivity index (χ0v) is 16.6.